The number of fused-ring (bicyclic) bond motifs is 1. The van der Waals surface area contributed by atoms with Gasteiger partial charge in [0.05, 0.1) is 18.4 Å². The quantitative estimate of drug-likeness (QED) is 0.821. The van der Waals surface area contributed by atoms with E-state index >= 15 is 0 Å². The van der Waals surface area contributed by atoms with Crippen molar-refractivity contribution in [2.45, 2.75) is 6.42 Å². The summed E-state index contributed by atoms with van der Waals surface area (Å²) in [6.45, 7) is 4.19. The first-order valence-electron chi connectivity index (χ1n) is 8.03. The molecule has 5 nitrogen and oxygen atoms in total. The summed E-state index contributed by atoms with van der Waals surface area (Å²) in [6.07, 6.45) is 4.58. The van der Waals surface area contributed by atoms with E-state index in [4.69, 9.17) is 4.74 Å². The average Bonchev–Trinajstić information content (AvgIpc) is 3.10. The van der Waals surface area contributed by atoms with Crippen LogP contribution in [0, 0.1) is 16.7 Å². The lowest BCUT2D eigenvalue weighted by Crippen LogP contribution is -2.57. The minimum absolute atomic E-state index is 0.390. The largest absolute Gasteiger partial charge is 0.494 e. The Kier molecular flexibility index (Phi) is 4.83. The van der Waals surface area contributed by atoms with Crippen LogP contribution in [0.15, 0.2) is 24.4 Å². The van der Waals surface area contributed by atoms with Crippen molar-refractivity contribution in [1.82, 2.24) is 10.3 Å². The number of aromatic nitrogens is 1. The van der Waals surface area contributed by atoms with Crippen molar-refractivity contribution in [3.63, 3.8) is 0 Å². The fraction of sp³-hybridized carbons (Fsp3) is 0.444. The highest BCUT2D eigenvalue weighted by Crippen LogP contribution is 2.43. The Hall–Kier alpha value is -1.97. The van der Waals surface area contributed by atoms with Gasteiger partial charge in [-0.15, -0.1) is 0 Å². The van der Waals surface area contributed by atoms with Crippen LogP contribution in [-0.2, 0) is 0 Å². The van der Waals surface area contributed by atoms with Gasteiger partial charge in [-0.1, -0.05) is 12.1 Å². The second kappa shape index (κ2) is 6.88. The number of benzene rings is 1. The topological polar surface area (TPSA) is 61.2 Å². The Balaban J connectivity index is 0.000000815. The first kappa shape index (κ1) is 16.9. The number of nitrogens with zero attached hydrogens (tertiary/aromatic N) is 3. The number of anilines is 1. The van der Waals surface area contributed by atoms with Crippen molar-refractivity contribution in [2.24, 2.45) is 5.41 Å². The molecule has 2 aromatic rings. The summed E-state index contributed by atoms with van der Waals surface area (Å²) in [6, 6.07) is 8.18. The van der Waals surface area contributed by atoms with Gasteiger partial charge in [0.1, 0.15) is 17.3 Å². The standard InChI is InChI=1S/C17H18N4O.CH4S/c1-22-14-4-2-3-13-15(14)20-8-12(7-18)16(13)21-10-17(11-21)5-6-19-9-17;1-2/h2-4,8,19H,5-6,9-11H2,1H3;2H,1H3. The van der Waals surface area contributed by atoms with Crippen LogP contribution < -0.4 is 15.0 Å². The number of nitriles is 1. The first-order chi connectivity index (χ1) is 11.8. The van der Waals surface area contributed by atoms with Gasteiger partial charge in [0.2, 0.25) is 0 Å². The Labute approximate surface area is 148 Å². The van der Waals surface area contributed by atoms with Crippen LogP contribution in [0.3, 0.4) is 0 Å². The number of hydrogen-bond acceptors (Lipinski definition) is 6. The number of ether oxygens (including phenoxy) is 1. The lowest BCUT2D eigenvalue weighted by Gasteiger charge is -2.49. The van der Waals surface area contributed by atoms with Crippen molar-refractivity contribution in [1.29, 1.82) is 5.26 Å². The van der Waals surface area contributed by atoms with Gasteiger partial charge in [-0.3, -0.25) is 4.98 Å². The lowest BCUT2D eigenvalue weighted by atomic mass is 9.78. The van der Waals surface area contributed by atoms with E-state index in [9.17, 15) is 5.26 Å². The Morgan fingerprint density at radius 3 is 2.79 bits per heavy atom. The fourth-order valence-corrected chi connectivity index (χ4v) is 3.76. The molecule has 1 aromatic carbocycles. The van der Waals surface area contributed by atoms with Gasteiger partial charge < -0.3 is 15.0 Å². The molecule has 1 aromatic heterocycles. The van der Waals surface area contributed by atoms with Crippen LogP contribution in [0.2, 0.25) is 0 Å². The maximum atomic E-state index is 9.47. The van der Waals surface area contributed by atoms with Crippen molar-refractivity contribution in [3.8, 4) is 11.8 Å². The molecule has 0 bridgehead atoms. The van der Waals surface area contributed by atoms with E-state index in [0.717, 1.165) is 48.5 Å². The summed E-state index contributed by atoms with van der Waals surface area (Å²) < 4.78 is 5.41. The van der Waals surface area contributed by atoms with Crippen molar-refractivity contribution in [3.05, 3.63) is 30.0 Å². The van der Waals surface area contributed by atoms with Gasteiger partial charge >= 0.3 is 0 Å². The van der Waals surface area contributed by atoms with Gasteiger partial charge in [-0.2, -0.15) is 17.9 Å². The molecule has 4 rings (SSSR count). The highest BCUT2D eigenvalue weighted by atomic mass is 32.1. The molecule has 24 heavy (non-hydrogen) atoms. The predicted molar refractivity (Wildman–Crippen MR) is 100 cm³/mol. The third kappa shape index (κ3) is 2.68. The van der Waals surface area contributed by atoms with Crippen molar-refractivity contribution >= 4 is 29.2 Å². The van der Waals surface area contributed by atoms with Crippen LogP contribution in [0.5, 0.6) is 5.75 Å². The van der Waals surface area contributed by atoms with Crippen LogP contribution >= 0.6 is 12.6 Å². The van der Waals surface area contributed by atoms with Gasteiger partial charge in [0.25, 0.3) is 0 Å². The van der Waals surface area contributed by atoms with Gasteiger partial charge in [-0.25, -0.2) is 0 Å². The number of para-hydroxylation sites is 1. The van der Waals surface area contributed by atoms with Crippen molar-refractivity contribution < 1.29 is 4.74 Å². The second-order valence-corrected chi connectivity index (χ2v) is 6.27. The zero-order valence-electron chi connectivity index (χ0n) is 14.0. The summed E-state index contributed by atoms with van der Waals surface area (Å²) in [7, 11) is 1.65. The number of pyridine rings is 1. The number of nitrogens with one attached hydrogen (secondary N) is 1. The molecule has 0 unspecified atom stereocenters. The summed E-state index contributed by atoms with van der Waals surface area (Å²) in [5.41, 5.74) is 2.86. The molecule has 1 spiro atoms. The zero-order valence-corrected chi connectivity index (χ0v) is 14.9. The fourth-order valence-electron chi connectivity index (χ4n) is 3.76. The second-order valence-electron chi connectivity index (χ2n) is 6.27. The molecule has 2 fully saturated rings. The average molecular weight is 342 g/mol. The molecule has 3 heterocycles. The van der Waals surface area contributed by atoms with Gasteiger partial charge in [-0.05, 0) is 25.3 Å². The Bertz CT molecular complexity index is 772. The normalized spacial score (nSPS) is 17.8. The molecular weight excluding hydrogens is 320 g/mol. The molecule has 0 atom stereocenters. The van der Waals surface area contributed by atoms with E-state index in [-0.39, 0.29) is 0 Å². The Morgan fingerprint density at radius 1 is 1.38 bits per heavy atom. The molecule has 0 aliphatic carbocycles. The molecule has 6 heteroatoms. The Morgan fingerprint density at radius 2 is 2.17 bits per heavy atom. The molecule has 1 N–H and O–H groups in total. The summed E-state index contributed by atoms with van der Waals surface area (Å²) >= 11 is 3.53. The van der Waals surface area contributed by atoms with Crippen LogP contribution in [0.1, 0.15) is 12.0 Å². The number of thiol groups is 1. The summed E-state index contributed by atoms with van der Waals surface area (Å²) in [5, 5.41) is 13.9. The van der Waals surface area contributed by atoms with E-state index in [1.165, 1.54) is 6.42 Å². The number of hydrogen-bond donors (Lipinski definition) is 2. The van der Waals surface area contributed by atoms with E-state index in [2.05, 4.69) is 33.9 Å². The SMILES string of the molecule is COc1cccc2c(N3CC4(CCNC4)C3)c(C#N)cnc12.CS. The zero-order chi connectivity index (χ0) is 17.2. The van der Waals surface area contributed by atoms with Crippen LogP contribution in [-0.4, -0.2) is 44.5 Å². The van der Waals surface area contributed by atoms with E-state index < -0.39 is 0 Å². The monoisotopic (exact) mass is 342 g/mol. The maximum Gasteiger partial charge on any atom is 0.145 e. The van der Waals surface area contributed by atoms with E-state index in [1.54, 1.807) is 19.6 Å². The number of methoxy groups -OCH3 is 1. The molecular formula is C18H22N4OS. The minimum Gasteiger partial charge on any atom is -0.494 e. The third-order valence-corrected chi connectivity index (χ3v) is 4.87. The van der Waals surface area contributed by atoms with E-state index in [0.29, 0.717) is 11.0 Å². The third-order valence-electron chi connectivity index (χ3n) is 4.87. The van der Waals surface area contributed by atoms with Gasteiger partial charge in [0, 0.05) is 36.6 Å². The molecule has 0 saturated carbocycles. The molecule has 2 aliphatic heterocycles. The smallest absolute Gasteiger partial charge is 0.145 e. The molecule has 126 valence electrons. The molecule has 0 amide bonds. The molecule has 2 aliphatic rings. The van der Waals surface area contributed by atoms with E-state index in [1.807, 2.05) is 18.2 Å². The summed E-state index contributed by atoms with van der Waals surface area (Å²) in [4.78, 5) is 6.74. The highest BCUT2D eigenvalue weighted by molar-refractivity contribution is 7.79. The minimum atomic E-state index is 0.390. The lowest BCUT2D eigenvalue weighted by molar-refractivity contribution is 0.243. The number of rotatable bonds is 2. The van der Waals surface area contributed by atoms with Crippen molar-refractivity contribution in [2.75, 3.05) is 44.4 Å². The first-order valence-corrected chi connectivity index (χ1v) is 8.92. The van der Waals surface area contributed by atoms with Gasteiger partial charge in [0.15, 0.2) is 0 Å². The predicted octanol–water partition coefficient (Wildman–Crippen LogP) is 2.46. The van der Waals surface area contributed by atoms with Crippen LogP contribution in [0.4, 0.5) is 5.69 Å². The molecule has 2 saturated heterocycles. The highest BCUT2D eigenvalue weighted by Gasteiger charge is 2.45. The summed E-state index contributed by atoms with van der Waals surface area (Å²) in [5.74, 6) is 0.751. The maximum absolute atomic E-state index is 9.47. The van der Waals surface area contributed by atoms with Crippen LogP contribution in [0.25, 0.3) is 10.9 Å². The molecule has 0 radical (unpaired) electrons.